The highest BCUT2D eigenvalue weighted by atomic mass is 16.7. The number of hydrogen-bond acceptors (Lipinski definition) is 10. The number of benzene rings is 3. The van der Waals surface area contributed by atoms with Gasteiger partial charge in [0.1, 0.15) is 39.6 Å². The topological polar surface area (TPSA) is 160 Å². The molecule has 5 atom stereocenters. The monoisotopic (exact) mass is 582 g/mol. The number of hydrogen-bond donors (Lipinski definition) is 4. The molecule has 43 heavy (non-hydrogen) atoms. The zero-order chi connectivity index (χ0) is 30.6. The Bertz CT molecular complexity index is 1950. The van der Waals surface area contributed by atoms with Gasteiger partial charge in [0.15, 0.2) is 11.6 Å². The number of ketones is 3. The van der Waals surface area contributed by atoms with Crippen LogP contribution >= 0.6 is 0 Å². The van der Waals surface area contributed by atoms with Crippen molar-refractivity contribution in [2.45, 2.75) is 55.7 Å². The molecule has 3 aliphatic carbocycles. The molecule has 0 radical (unpaired) electrons. The molecular weight excluding hydrogens is 556 g/mol. The molecule has 1 spiro atoms. The molecule has 1 unspecified atom stereocenters. The zero-order valence-corrected chi connectivity index (χ0v) is 23.6. The molecule has 2 aliphatic heterocycles. The molecule has 3 aromatic carbocycles. The van der Waals surface area contributed by atoms with E-state index in [0.717, 1.165) is 0 Å². The number of aryl methyl sites for hydroxylation is 1. The average Bonchev–Trinajstić information content (AvgIpc) is 3.35. The van der Waals surface area contributed by atoms with Crippen molar-refractivity contribution in [3.63, 3.8) is 0 Å². The first-order valence-electron chi connectivity index (χ1n) is 13.8. The van der Waals surface area contributed by atoms with Crippen molar-refractivity contribution in [1.29, 1.82) is 0 Å². The number of methoxy groups -OCH3 is 1. The Labute approximate surface area is 244 Å². The van der Waals surface area contributed by atoms with Crippen LogP contribution in [0, 0.1) is 6.92 Å². The van der Waals surface area contributed by atoms with Crippen molar-refractivity contribution in [3.05, 3.63) is 92.5 Å². The van der Waals surface area contributed by atoms with Gasteiger partial charge in [-0.25, -0.2) is 0 Å². The van der Waals surface area contributed by atoms with Crippen molar-refractivity contribution < 1.29 is 49.0 Å². The number of ether oxygens (including phenoxy) is 3. The molecule has 0 aromatic heterocycles. The third kappa shape index (κ3) is 2.46. The van der Waals surface area contributed by atoms with Gasteiger partial charge >= 0.3 is 0 Å². The maximum Gasteiger partial charge on any atom is 0.255 e. The molecule has 0 amide bonds. The van der Waals surface area contributed by atoms with E-state index in [-0.39, 0.29) is 61.8 Å². The van der Waals surface area contributed by atoms with Gasteiger partial charge in [0.05, 0.1) is 35.5 Å². The Morgan fingerprint density at radius 2 is 1.67 bits per heavy atom. The van der Waals surface area contributed by atoms with Gasteiger partial charge in [0.25, 0.3) is 5.79 Å². The van der Waals surface area contributed by atoms with Crippen LogP contribution in [-0.2, 0) is 20.7 Å². The van der Waals surface area contributed by atoms with Crippen LogP contribution in [0.4, 0.5) is 0 Å². The highest BCUT2D eigenvalue weighted by molar-refractivity contribution is 6.30. The molecule has 3 aromatic rings. The molecule has 10 nitrogen and oxygen atoms in total. The number of aliphatic hydroxyl groups is 3. The number of aromatic hydroxyl groups is 1. The van der Waals surface area contributed by atoms with Crippen LogP contribution in [0.3, 0.4) is 0 Å². The van der Waals surface area contributed by atoms with E-state index >= 15 is 0 Å². The molecule has 2 fully saturated rings. The Kier molecular flexibility index (Phi) is 4.57. The summed E-state index contributed by atoms with van der Waals surface area (Å²) in [5.74, 6) is -4.79. The van der Waals surface area contributed by atoms with E-state index in [2.05, 4.69) is 0 Å². The summed E-state index contributed by atoms with van der Waals surface area (Å²) >= 11 is 0. The van der Waals surface area contributed by atoms with E-state index < -0.39 is 58.0 Å². The SMILES string of the molecule is COc1cc(C)cc2c1C(=O)c1c(ccc3c1O[C@@]14O[C@@H](C)[C@@]5(O)C31C(=C(O)c1c(O)cccc14)C(=O)C[C@@]5(C)O)C2=O. The summed E-state index contributed by atoms with van der Waals surface area (Å²) in [6.07, 6.45) is -1.75. The largest absolute Gasteiger partial charge is 0.507 e. The fourth-order valence-electron chi connectivity index (χ4n) is 8.50. The van der Waals surface area contributed by atoms with Crippen molar-refractivity contribution in [1.82, 2.24) is 0 Å². The van der Waals surface area contributed by atoms with Crippen molar-refractivity contribution in [3.8, 4) is 17.2 Å². The second kappa shape index (κ2) is 7.52. The summed E-state index contributed by atoms with van der Waals surface area (Å²) < 4.78 is 18.7. The van der Waals surface area contributed by atoms with Gasteiger partial charge in [-0.2, -0.15) is 0 Å². The predicted octanol–water partition coefficient (Wildman–Crippen LogP) is 3.12. The lowest BCUT2D eigenvalue weighted by Gasteiger charge is -2.56. The first-order chi connectivity index (χ1) is 20.3. The highest BCUT2D eigenvalue weighted by Gasteiger charge is 2.88. The summed E-state index contributed by atoms with van der Waals surface area (Å²) in [5.41, 5.74) is -5.97. The summed E-state index contributed by atoms with van der Waals surface area (Å²) in [4.78, 5) is 42.2. The van der Waals surface area contributed by atoms with Crippen molar-refractivity contribution in [2.75, 3.05) is 7.11 Å². The van der Waals surface area contributed by atoms with Crippen LogP contribution in [0.25, 0.3) is 5.76 Å². The minimum Gasteiger partial charge on any atom is -0.507 e. The quantitative estimate of drug-likeness (QED) is 0.263. The fraction of sp³-hybridized carbons (Fsp3) is 0.303. The summed E-state index contributed by atoms with van der Waals surface area (Å²) in [6, 6.07) is 10.5. The van der Waals surface area contributed by atoms with Crippen LogP contribution < -0.4 is 9.47 Å². The van der Waals surface area contributed by atoms with E-state index in [1.807, 2.05) is 0 Å². The molecule has 5 aliphatic rings. The number of phenolic OH excluding ortho intramolecular Hbond substituents is 1. The number of rotatable bonds is 1. The molecule has 4 N–H and O–H groups in total. The van der Waals surface area contributed by atoms with Gasteiger partial charge in [0, 0.05) is 28.7 Å². The molecule has 2 heterocycles. The Balaban J connectivity index is 1.54. The maximum atomic E-state index is 14.3. The number of carbonyl (C=O) groups is 3. The Hall–Kier alpha value is -4.51. The number of Topliss-reactive ketones (excluding diaryl/α,β-unsaturated/α-hetero) is 1. The molecule has 8 rings (SSSR count). The smallest absolute Gasteiger partial charge is 0.255 e. The first kappa shape index (κ1) is 26.1. The van der Waals surface area contributed by atoms with E-state index in [1.165, 1.54) is 51.3 Å². The lowest BCUT2D eigenvalue weighted by molar-refractivity contribution is -0.199. The van der Waals surface area contributed by atoms with Gasteiger partial charge in [0.2, 0.25) is 5.78 Å². The lowest BCUT2D eigenvalue weighted by atomic mass is 9.46. The number of fused-ring (bicyclic) bond motifs is 5. The van der Waals surface area contributed by atoms with E-state index in [9.17, 15) is 34.8 Å². The first-order valence-corrected chi connectivity index (χ1v) is 13.8. The Morgan fingerprint density at radius 1 is 0.930 bits per heavy atom. The standard InChI is InChI=1S/C33H26O10/c1-13-10-16-22(21(11-13)41-4)27(37)23-15(26(16)36)8-9-18-29(23)43-33-17-6-5-7-19(34)24(17)28(38)25-20(35)12-30(3,39)32(40,14(2)42-33)31(18,25)33/h5-11,14,34,38-40H,12H2,1-4H3/t14-,30+,31?,32-,33+/m0/s1. The van der Waals surface area contributed by atoms with Crippen molar-refractivity contribution >= 4 is 23.1 Å². The normalized spacial score (nSPS) is 32.8. The average molecular weight is 583 g/mol. The van der Waals surface area contributed by atoms with E-state index in [0.29, 0.717) is 5.56 Å². The van der Waals surface area contributed by atoms with Crippen LogP contribution in [0.15, 0.2) is 48.0 Å². The van der Waals surface area contributed by atoms with Crippen molar-refractivity contribution in [2.24, 2.45) is 0 Å². The van der Waals surface area contributed by atoms with E-state index in [1.54, 1.807) is 19.1 Å². The molecule has 218 valence electrons. The summed E-state index contributed by atoms with van der Waals surface area (Å²) in [5, 5.41) is 47.2. The minimum atomic E-state index is -2.30. The second-order valence-corrected chi connectivity index (χ2v) is 12.2. The second-order valence-electron chi connectivity index (χ2n) is 12.2. The maximum absolute atomic E-state index is 14.3. The van der Waals surface area contributed by atoms with Gasteiger partial charge < -0.3 is 34.6 Å². The zero-order valence-electron chi connectivity index (χ0n) is 23.6. The highest BCUT2D eigenvalue weighted by Crippen LogP contribution is 2.76. The molecular formula is C33H26O10. The molecule has 10 heteroatoms. The van der Waals surface area contributed by atoms with Gasteiger partial charge in [-0.05, 0) is 50.6 Å². The summed E-state index contributed by atoms with van der Waals surface area (Å²) in [7, 11) is 1.39. The Morgan fingerprint density at radius 3 is 2.40 bits per heavy atom. The predicted molar refractivity (Wildman–Crippen MR) is 148 cm³/mol. The fourth-order valence-corrected chi connectivity index (χ4v) is 8.50. The van der Waals surface area contributed by atoms with Crippen LogP contribution in [-0.4, -0.2) is 62.2 Å². The van der Waals surface area contributed by atoms with Gasteiger partial charge in [-0.3, -0.25) is 14.4 Å². The van der Waals surface area contributed by atoms with Crippen LogP contribution in [0.2, 0.25) is 0 Å². The van der Waals surface area contributed by atoms with Crippen LogP contribution in [0.1, 0.15) is 74.4 Å². The third-order valence-electron chi connectivity index (χ3n) is 10.1. The molecule has 0 bridgehead atoms. The number of carbonyl (C=O) groups excluding carboxylic acids is 3. The third-order valence-corrected chi connectivity index (χ3v) is 10.1. The van der Waals surface area contributed by atoms with E-state index in [4.69, 9.17) is 14.2 Å². The van der Waals surface area contributed by atoms with Gasteiger partial charge in [-0.1, -0.05) is 18.2 Å². The molecule has 1 saturated heterocycles. The molecule has 1 saturated carbocycles. The minimum absolute atomic E-state index is 0.0334. The number of aliphatic hydroxyl groups excluding tert-OH is 1. The van der Waals surface area contributed by atoms with Gasteiger partial charge in [-0.15, -0.1) is 0 Å². The van der Waals surface area contributed by atoms with Crippen LogP contribution in [0.5, 0.6) is 17.2 Å². The number of phenols is 1. The summed E-state index contributed by atoms with van der Waals surface area (Å²) in [6.45, 7) is 4.62. The lowest BCUT2D eigenvalue weighted by Crippen LogP contribution is -2.74.